The first-order valence-electron chi connectivity index (χ1n) is 10.3. The number of carbonyl (C=O) groups is 1. The number of benzene rings is 1. The predicted molar refractivity (Wildman–Crippen MR) is 103 cm³/mol. The predicted octanol–water partition coefficient (Wildman–Crippen LogP) is 1.67. The van der Waals surface area contributed by atoms with E-state index in [0.717, 1.165) is 37.4 Å². The molecule has 1 saturated carbocycles. The van der Waals surface area contributed by atoms with Crippen molar-refractivity contribution in [2.24, 2.45) is 11.8 Å². The fourth-order valence-corrected chi connectivity index (χ4v) is 7.14. The molecule has 6 nitrogen and oxygen atoms in total. The first-order valence-corrected chi connectivity index (χ1v) is 10.3. The molecular weight excluding hydrogens is 356 g/mol. The van der Waals surface area contributed by atoms with Gasteiger partial charge in [-0.05, 0) is 36.9 Å². The van der Waals surface area contributed by atoms with Gasteiger partial charge in [0.05, 0.1) is 25.4 Å². The lowest BCUT2D eigenvalue weighted by atomic mass is 9.55. The monoisotopic (exact) mass is 382 g/mol. The zero-order chi connectivity index (χ0) is 19.2. The van der Waals surface area contributed by atoms with Crippen molar-refractivity contribution in [2.75, 3.05) is 31.7 Å². The number of rotatable bonds is 1. The molecule has 1 spiro atoms. The number of ether oxygens (including phenoxy) is 2. The minimum atomic E-state index is -0.855. The van der Waals surface area contributed by atoms with Gasteiger partial charge < -0.3 is 19.5 Å². The van der Waals surface area contributed by atoms with E-state index in [0.29, 0.717) is 12.6 Å². The molecule has 6 heteroatoms. The van der Waals surface area contributed by atoms with Crippen LogP contribution in [0.5, 0.6) is 5.75 Å². The second-order valence-corrected chi connectivity index (χ2v) is 8.92. The van der Waals surface area contributed by atoms with Crippen LogP contribution in [0.4, 0.5) is 5.69 Å². The zero-order valence-electron chi connectivity index (χ0n) is 16.3. The van der Waals surface area contributed by atoms with Gasteiger partial charge >= 0.3 is 0 Å². The van der Waals surface area contributed by atoms with E-state index in [-0.39, 0.29) is 29.2 Å². The summed E-state index contributed by atoms with van der Waals surface area (Å²) >= 11 is 0. The van der Waals surface area contributed by atoms with Crippen LogP contribution in [0.1, 0.15) is 25.3 Å². The first-order chi connectivity index (χ1) is 13.6. The maximum absolute atomic E-state index is 12.9. The van der Waals surface area contributed by atoms with Crippen LogP contribution >= 0.6 is 0 Å². The number of fused-ring (bicyclic) bond motifs is 2. The van der Waals surface area contributed by atoms with Crippen LogP contribution in [-0.4, -0.2) is 61.1 Å². The van der Waals surface area contributed by atoms with Crippen LogP contribution < -0.4 is 9.64 Å². The van der Waals surface area contributed by atoms with E-state index in [4.69, 9.17) is 9.47 Å². The summed E-state index contributed by atoms with van der Waals surface area (Å²) in [6.45, 7) is 4.08. The molecule has 148 valence electrons. The molecule has 1 N–H and O–H groups in total. The van der Waals surface area contributed by atoms with Crippen molar-refractivity contribution < 1.29 is 19.4 Å². The third kappa shape index (κ3) is 1.86. The average Bonchev–Trinajstić information content (AvgIpc) is 3.15. The van der Waals surface area contributed by atoms with Crippen LogP contribution in [0.2, 0.25) is 0 Å². The molecule has 0 radical (unpaired) electrons. The Kier molecular flexibility index (Phi) is 3.39. The molecule has 6 atom stereocenters. The molecule has 6 rings (SSSR count). The lowest BCUT2D eigenvalue weighted by Gasteiger charge is -2.56. The SMILES string of the molecule is COc1ccc2c(c1)N(C(C)=O)C1C3C(O)OCC=C4CN5CCC21C5CC43. The molecule has 2 bridgehead atoms. The molecule has 1 aromatic rings. The maximum Gasteiger partial charge on any atom is 0.224 e. The summed E-state index contributed by atoms with van der Waals surface area (Å²) < 4.78 is 11.3. The summed E-state index contributed by atoms with van der Waals surface area (Å²) in [5.74, 6) is 0.952. The summed E-state index contributed by atoms with van der Waals surface area (Å²) in [6, 6.07) is 6.48. The Bertz CT molecular complexity index is 899. The molecule has 1 aromatic carbocycles. The average molecular weight is 382 g/mol. The zero-order valence-corrected chi connectivity index (χ0v) is 16.3. The summed E-state index contributed by atoms with van der Waals surface area (Å²) in [6.07, 6.45) is 3.35. The fraction of sp³-hybridized carbons (Fsp3) is 0.591. The number of anilines is 1. The summed E-state index contributed by atoms with van der Waals surface area (Å²) in [5.41, 5.74) is 3.43. The highest BCUT2D eigenvalue weighted by atomic mass is 16.6. The van der Waals surface area contributed by atoms with Gasteiger partial charge in [0.25, 0.3) is 0 Å². The Labute approximate surface area is 164 Å². The highest BCUT2D eigenvalue weighted by Gasteiger charge is 2.69. The Hall–Kier alpha value is -1.89. The summed E-state index contributed by atoms with van der Waals surface area (Å²) in [4.78, 5) is 17.5. The van der Waals surface area contributed by atoms with Crippen LogP contribution in [0.15, 0.2) is 29.8 Å². The van der Waals surface area contributed by atoms with Gasteiger partial charge in [-0.1, -0.05) is 17.7 Å². The van der Waals surface area contributed by atoms with Crippen molar-refractivity contribution in [3.8, 4) is 5.75 Å². The molecule has 3 fully saturated rings. The van der Waals surface area contributed by atoms with E-state index < -0.39 is 6.29 Å². The van der Waals surface area contributed by atoms with Crippen molar-refractivity contribution in [3.63, 3.8) is 0 Å². The normalized spacial score (nSPS) is 40.5. The molecule has 4 heterocycles. The third-order valence-corrected chi connectivity index (χ3v) is 8.07. The quantitative estimate of drug-likeness (QED) is 0.749. The van der Waals surface area contributed by atoms with Crippen molar-refractivity contribution in [2.45, 2.75) is 43.6 Å². The van der Waals surface area contributed by atoms with Crippen LogP contribution in [0.3, 0.4) is 0 Å². The highest BCUT2D eigenvalue weighted by molar-refractivity contribution is 5.96. The number of aliphatic hydroxyl groups is 1. The Morgan fingerprint density at radius 3 is 3.04 bits per heavy atom. The van der Waals surface area contributed by atoms with Gasteiger partial charge in [-0.15, -0.1) is 0 Å². The highest BCUT2D eigenvalue weighted by Crippen LogP contribution is 2.64. The molecule has 1 aliphatic carbocycles. The largest absolute Gasteiger partial charge is 0.497 e. The van der Waals surface area contributed by atoms with E-state index in [1.807, 2.05) is 17.0 Å². The van der Waals surface area contributed by atoms with Gasteiger partial charge in [0.2, 0.25) is 5.91 Å². The molecule has 2 saturated heterocycles. The van der Waals surface area contributed by atoms with E-state index in [2.05, 4.69) is 17.0 Å². The number of piperidine rings is 1. The molecule has 5 aliphatic rings. The number of nitrogens with zero attached hydrogens (tertiary/aromatic N) is 2. The Morgan fingerprint density at radius 2 is 2.25 bits per heavy atom. The summed E-state index contributed by atoms with van der Waals surface area (Å²) in [5, 5.41) is 11.0. The summed E-state index contributed by atoms with van der Waals surface area (Å²) in [7, 11) is 1.66. The molecular formula is C22H26N2O4. The van der Waals surface area contributed by atoms with E-state index in [9.17, 15) is 9.90 Å². The number of aliphatic hydroxyl groups excluding tert-OH is 1. The Morgan fingerprint density at radius 1 is 1.39 bits per heavy atom. The Balaban J connectivity index is 1.62. The van der Waals surface area contributed by atoms with Gasteiger partial charge in [0.15, 0.2) is 6.29 Å². The number of hydrogen-bond acceptors (Lipinski definition) is 5. The van der Waals surface area contributed by atoms with E-state index >= 15 is 0 Å². The van der Waals surface area contributed by atoms with Crippen LogP contribution in [-0.2, 0) is 14.9 Å². The van der Waals surface area contributed by atoms with Crippen molar-refractivity contribution in [1.82, 2.24) is 4.90 Å². The molecule has 0 aromatic heterocycles. The van der Waals surface area contributed by atoms with Crippen LogP contribution in [0.25, 0.3) is 0 Å². The number of hydrogen-bond donors (Lipinski definition) is 1. The molecule has 1 amide bonds. The maximum atomic E-state index is 12.9. The van der Waals surface area contributed by atoms with Gasteiger partial charge in [0, 0.05) is 36.9 Å². The molecule has 28 heavy (non-hydrogen) atoms. The molecule has 6 unspecified atom stereocenters. The topological polar surface area (TPSA) is 62.2 Å². The third-order valence-electron chi connectivity index (χ3n) is 8.07. The fourth-order valence-electron chi connectivity index (χ4n) is 7.14. The van der Waals surface area contributed by atoms with E-state index in [1.165, 1.54) is 11.1 Å². The number of methoxy groups -OCH3 is 1. The second kappa shape index (κ2) is 5.59. The van der Waals surface area contributed by atoms with Crippen LogP contribution in [0, 0.1) is 11.8 Å². The lowest BCUT2D eigenvalue weighted by molar-refractivity contribution is -0.156. The minimum absolute atomic E-state index is 0.0248. The van der Waals surface area contributed by atoms with Gasteiger partial charge in [-0.2, -0.15) is 0 Å². The van der Waals surface area contributed by atoms with Crippen molar-refractivity contribution in [1.29, 1.82) is 0 Å². The smallest absolute Gasteiger partial charge is 0.224 e. The van der Waals surface area contributed by atoms with Crippen molar-refractivity contribution in [3.05, 3.63) is 35.4 Å². The van der Waals surface area contributed by atoms with Gasteiger partial charge in [-0.3, -0.25) is 9.69 Å². The van der Waals surface area contributed by atoms with Crippen molar-refractivity contribution >= 4 is 11.6 Å². The van der Waals surface area contributed by atoms with Gasteiger partial charge in [-0.25, -0.2) is 0 Å². The molecule has 4 aliphatic heterocycles. The van der Waals surface area contributed by atoms with E-state index in [1.54, 1.807) is 14.0 Å². The number of amides is 1. The van der Waals surface area contributed by atoms with Gasteiger partial charge in [0.1, 0.15) is 5.75 Å². The minimum Gasteiger partial charge on any atom is -0.497 e. The lowest BCUT2D eigenvalue weighted by Crippen LogP contribution is -2.66. The second-order valence-electron chi connectivity index (χ2n) is 8.92. The number of carbonyl (C=O) groups excluding carboxylic acids is 1. The first kappa shape index (κ1) is 17.0. The standard InChI is InChI=1S/C22H26N2O4/c1-12(25)24-17-9-14(27-2)3-4-16(17)22-6-7-23-11-13-5-8-28-21(26)19(20(22)24)15(13)10-18(22)23/h3-5,9,15,18-21,26H,6-8,10-11H2,1-2H3.